The van der Waals surface area contributed by atoms with E-state index in [1.165, 1.54) is 19.3 Å². The van der Waals surface area contributed by atoms with Crippen LogP contribution in [0.3, 0.4) is 0 Å². The summed E-state index contributed by atoms with van der Waals surface area (Å²) >= 11 is 0. The first kappa shape index (κ1) is 20.7. The molecule has 0 bridgehead atoms. The molecule has 140 valence electrons. The normalized spacial score (nSPS) is 16.8. The van der Waals surface area contributed by atoms with Crippen LogP contribution in [-0.4, -0.2) is 75.3 Å². The van der Waals surface area contributed by atoms with Gasteiger partial charge in [-0.1, -0.05) is 6.42 Å². The van der Waals surface area contributed by atoms with Crippen molar-refractivity contribution in [1.29, 1.82) is 0 Å². The fraction of sp³-hybridized carbons (Fsp3) is 0.882. The maximum Gasteiger partial charge on any atom is 0.241 e. The molecular weight excluding hydrogens is 306 g/mol. The Bertz CT molecular complexity index is 392. The molecule has 3 N–H and O–H groups in total. The topological polar surface area (TPSA) is 78.0 Å². The summed E-state index contributed by atoms with van der Waals surface area (Å²) in [7, 11) is 1.61. The van der Waals surface area contributed by atoms with Crippen molar-refractivity contribution in [2.24, 2.45) is 4.99 Å². The molecule has 0 atom stereocenters. The number of carbonyl (C=O) groups excluding carboxylic acids is 1. The SMILES string of the molecule is CCNC(=NCC(=O)NCCOC)NCC(C)(C)N1CCCCC1. The number of amides is 1. The van der Waals surface area contributed by atoms with Crippen molar-refractivity contribution >= 4 is 11.9 Å². The summed E-state index contributed by atoms with van der Waals surface area (Å²) in [6.45, 7) is 11.5. The van der Waals surface area contributed by atoms with Gasteiger partial charge in [-0.3, -0.25) is 9.69 Å². The number of guanidine groups is 1. The number of carbonyl (C=O) groups is 1. The maximum atomic E-state index is 11.7. The summed E-state index contributed by atoms with van der Waals surface area (Å²) in [5, 5.41) is 9.34. The summed E-state index contributed by atoms with van der Waals surface area (Å²) < 4.78 is 4.91. The van der Waals surface area contributed by atoms with Gasteiger partial charge in [0.25, 0.3) is 0 Å². The minimum Gasteiger partial charge on any atom is -0.383 e. The first-order valence-electron chi connectivity index (χ1n) is 9.02. The van der Waals surface area contributed by atoms with Crippen LogP contribution in [0.15, 0.2) is 4.99 Å². The number of nitrogens with one attached hydrogen (secondary N) is 3. The lowest BCUT2D eigenvalue weighted by atomic mass is 9.98. The molecule has 0 aromatic carbocycles. The van der Waals surface area contributed by atoms with Crippen LogP contribution < -0.4 is 16.0 Å². The molecule has 1 fully saturated rings. The highest BCUT2D eigenvalue weighted by molar-refractivity contribution is 5.84. The number of piperidine rings is 1. The van der Waals surface area contributed by atoms with Gasteiger partial charge in [0.15, 0.2) is 5.96 Å². The zero-order valence-corrected chi connectivity index (χ0v) is 15.8. The van der Waals surface area contributed by atoms with E-state index in [4.69, 9.17) is 4.74 Å². The Balaban J connectivity index is 2.45. The van der Waals surface area contributed by atoms with Gasteiger partial charge in [-0.2, -0.15) is 0 Å². The van der Waals surface area contributed by atoms with E-state index in [1.54, 1.807) is 7.11 Å². The van der Waals surface area contributed by atoms with Crippen LogP contribution >= 0.6 is 0 Å². The largest absolute Gasteiger partial charge is 0.383 e. The highest BCUT2D eigenvalue weighted by atomic mass is 16.5. The van der Waals surface area contributed by atoms with Crippen molar-refractivity contribution in [2.75, 3.05) is 53.0 Å². The van der Waals surface area contributed by atoms with Crippen LogP contribution in [-0.2, 0) is 9.53 Å². The summed E-state index contributed by atoms with van der Waals surface area (Å²) in [5.41, 5.74) is 0.0668. The molecule has 0 unspecified atom stereocenters. The molecule has 24 heavy (non-hydrogen) atoms. The number of rotatable bonds is 9. The summed E-state index contributed by atoms with van der Waals surface area (Å²) in [6, 6.07) is 0. The monoisotopic (exact) mass is 341 g/mol. The van der Waals surface area contributed by atoms with E-state index in [2.05, 4.69) is 39.7 Å². The standard InChI is InChI=1S/C17H35N5O2/c1-5-18-16(20-13-15(23)19-9-12-24-4)21-14-17(2,3)22-10-7-6-8-11-22/h5-14H2,1-4H3,(H,19,23)(H2,18,20,21). The lowest BCUT2D eigenvalue weighted by Crippen LogP contribution is -2.55. The average molecular weight is 342 g/mol. The van der Waals surface area contributed by atoms with E-state index >= 15 is 0 Å². The van der Waals surface area contributed by atoms with Crippen LogP contribution in [0.1, 0.15) is 40.0 Å². The van der Waals surface area contributed by atoms with Gasteiger partial charge in [0.2, 0.25) is 5.91 Å². The Labute approximate surface area is 146 Å². The molecule has 7 nitrogen and oxygen atoms in total. The number of likely N-dealkylation sites (tertiary alicyclic amines) is 1. The lowest BCUT2D eigenvalue weighted by molar-refractivity contribution is -0.119. The van der Waals surface area contributed by atoms with Gasteiger partial charge in [0.05, 0.1) is 6.61 Å². The van der Waals surface area contributed by atoms with Gasteiger partial charge < -0.3 is 20.7 Å². The number of methoxy groups -OCH3 is 1. The van der Waals surface area contributed by atoms with Gasteiger partial charge in [0.1, 0.15) is 6.54 Å². The predicted octanol–water partition coefficient (Wildman–Crippen LogP) is 0.569. The van der Waals surface area contributed by atoms with Crippen LogP contribution in [0.5, 0.6) is 0 Å². The molecule has 0 aromatic heterocycles. The van der Waals surface area contributed by atoms with E-state index in [0.717, 1.165) is 26.2 Å². The van der Waals surface area contributed by atoms with E-state index in [9.17, 15) is 4.79 Å². The average Bonchev–Trinajstić information content (AvgIpc) is 2.58. The highest BCUT2D eigenvalue weighted by Crippen LogP contribution is 2.19. The Morgan fingerprint density at radius 3 is 2.50 bits per heavy atom. The molecule has 0 aliphatic carbocycles. The molecule has 1 rings (SSSR count). The molecule has 7 heteroatoms. The molecule has 0 radical (unpaired) electrons. The van der Waals surface area contributed by atoms with Gasteiger partial charge in [-0.05, 0) is 46.7 Å². The van der Waals surface area contributed by atoms with Crippen molar-refractivity contribution < 1.29 is 9.53 Å². The van der Waals surface area contributed by atoms with Crippen molar-refractivity contribution in [3.63, 3.8) is 0 Å². The first-order chi connectivity index (χ1) is 11.5. The summed E-state index contributed by atoms with van der Waals surface area (Å²) in [4.78, 5) is 18.6. The molecule has 0 aromatic rings. The van der Waals surface area contributed by atoms with Gasteiger partial charge >= 0.3 is 0 Å². The Hall–Kier alpha value is -1.34. The van der Waals surface area contributed by atoms with E-state index < -0.39 is 0 Å². The van der Waals surface area contributed by atoms with Crippen molar-refractivity contribution in [1.82, 2.24) is 20.9 Å². The smallest absolute Gasteiger partial charge is 0.241 e. The Morgan fingerprint density at radius 1 is 1.17 bits per heavy atom. The minimum atomic E-state index is -0.0976. The van der Waals surface area contributed by atoms with E-state index in [-0.39, 0.29) is 18.0 Å². The molecule has 0 saturated carbocycles. The van der Waals surface area contributed by atoms with Crippen molar-refractivity contribution in [3.05, 3.63) is 0 Å². The zero-order valence-electron chi connectivity index (χ0n) is 15.8. The Morgan fingerprint density at radius 2 is 1.88 bits per heavy atom. The quantitative estimate of drug-likeness (QED) is 0.325. The van der Waals surface area contributed by atoms with E-state index in [0.29, 0.717) is 19.1 Å². The van der Waals surface area contributed by atoms with Crippen molar-refractivity contribution in [2.45, 2.75) is 45.6 Å². The number of hydrogen-bond donors (Lipinski definition) is 3. The third-order valence-electron chi connectivity index (χ3n) is 4.25. The fourth-order valence-corrected chi connectivity index (χ4v) is 2.75. The molecule has 1 aliphatic rings. The van der Waals surface area contributed by atoms with Gasteiger partial charge in [0, 0.05) is 32.3 Å². The lowest BCUT2D eigenvalue weighted by Gasteiger charge is -2.41. The molecule has 0 spiro atoms. The maximum absolute atomic E-state index is 11.7. The summed E-state index contributed by atoms with van der Waals surface area (Å²) in [5.74, 6) is 0.587. The van der Waals surface area contributed by atoms with E-state index in [1.807, 2.05) is 6.92 Å². The second kappa shape index (κ2) is 11.3. The molecule has 1 aliphatic heterocycles. The number of aliphatic imine (C=N–C) groups is 1. The third-order valence-corrected chi connectivity index (χ3v) is 4.25. The van der Waals surface area contributed by atoms with Gasteiger partial charge in [-0.15, -0.1) is 0 Å². The summed E-state index contributed by atoms with van der Waals surface area (Å²) in [6.07, 6.45) is 3.89. The third kappa shape index (κ3) is 7.97. The molecule has 1 saturated heterocycles. The highest BCUT2D eigenvalue weighted by Gasteiger charge is 2.27. The number of ether oxygens (including phenoxy) is 1. The minimum absolute atomic E-state index is 0.0668. The number of nitrogens with zero attached hydrogens (tertiary/aromatic N) is 2. The number of hydrogen-bond acceptors (Lipinski definition) is 4. The second-order valence-electron chi connectivity index (χ2n) is 6.75. The van der Waals surface area contributed by atoms with Crippen LogP contribution in [0.2, 0.25) is 0 Å². The second-order valence-corrected chi connectivity index (χ2v) is 6.75. The van der Waals surface area contributed by atoms with Gasteiger partial charge in [-0.25, -0.2) is 4.99 Å². The molecular formula is C17H35N5O2. The van der Waals surface area contributed by atoms with Crippen LogP contribution in [0.25, 0.3) is 0 Å². The first-order valence-corrected chi connectivity index (χ1v) is 9.02. The fourth-order valence-electron chi connectivity index (χ4n) is 2.75. The molecule has 1 amide bonds. The predicted molar refractivity (Wildman–Crippen MR) is 98.4 cm³/mol. The van der Waals surface area contributed by atoms with Crippen LogP contribution in [0.4, 0.5) is 0 Å². The van der Waals surface area contributed by atoms with Crippen LogP contribution in [0, 0.1) is 0 Å². The Kier molecular flexibility index (Phi) is 9.71. The van der Waals surface area contributed by atoms with Crippen molar-refractivity contribution in [3.8, 4) is 0 Å². The molecule has 1 heterocycles. The zero-order chi connectivity index (χ0) is 17.8.